The van der Waals surface area contributed by atoms with Crippen LogP contribution in [0.2, 0.25) is 0 Å². The van der Waals surface area contributed by atoms with Crippen LogP contribution in [0.15, 0.2) is 18.2 Å². The third-order valence-electron chi connectivity index (χ3n) is 4.75. The lowest BCUT2D eigenvalue weighted by molar-refractivity contribution is -0.122. The molecule has 108 valence electrons. The first-order valence-corrected chi connectivity index (χ1v) is 7.56. The lowest BCUT2D eigenvalue weighted by Gasteiger charge is -2.38. The summed E-state index contributed by atoms with van der Waals surface area (Å²) >= 11 is 0. The van der Waals surface area contributed by atoms with Gasteiger partial charge in [0.25, 0.3) is 0 Å². The van der Waals surface area contributed by atoms with Crippen LogP contribution >= 0.6 is 0 Å². The molecule has 1 amide bonds. The van der Waals surface area contributed by atoms with Crippen molar-refractivity contribution < 1.29 is 4.79 Å². The monoisotopic (exact) mass is 273 g/mol. The number of nitrogen functional groups attached to an aromatic ring is 1. The number of fused-ring (bicyclic) bond motifs is 1. The molecule has 0 spiro atoms. The van der Waals surface area contributed by atoms with Gasteiger partial charge >= 0.3 is 0 Å². The number of carbonyl (C=O) groups excluding carboxylic acids is 1. The molecule has 1 heterocycles. The summed E-state index contributed by atoms with van der Waals surface area (Å²) in [5.41, 5.74) is 8.54. The van der Waals surface area contributed by atoms with Crippen LogP contribution in [-0.2, 0) is 11.2 Å². The SMILES string of the molecule is CN(C1CCCCC1)C1Cc2ccc(N)cc2NC1=O. The second-order valence-electron chi connectivity index (χ2n) is 6.08. The number of nitrogens with one attached hydrogen (secondary N) is 1. The van der Waals surface area contributed by atoms with Gasteiger partial charge in [0.1, 0.15) is 0 Å². The fourth-order valence-corrected chi connectivity index (χ4v) is 3.48. The van der Waals surface area contributed by atoms with E-state index in [1.807, 2.05) is 18.2 Å². The van der Waals surface area contributed by atoms with Gasteiger partial charge in [0.05, 0.1) is 6.04 Å². The molecule has 1 fully saturated rings. The number of hydrogen-bond acceptors (Lipinski definition) is 3. The molecular weight excluding hydrogens is 250 g/mol. The van der Waals surface area contributed by atoms with Crippen molar-refractivity contribution in [2.75, 3.05) is 18.1 Å². The fourth-order valence-electron chi connectivity index (χ4n) is 3.48. The van der Waals surface area contributed by atoms with Crippen molar-refractivity contribution in [2.45, 2.75) is 50.6 Å². The predicted molar refractivity (Wildman–Crippen MR) is 81.6 cm³/mol. The molecule has 1 unspecified atom stereocenters. The molecule has 3 rings (SSSR count). The quantitative estimate of drug-likeness (QED) is 0.813. The van der Waals surface area contributed by atoms with Gasteiger partial charge in [-0.15, -0.1) is 0 Å². The van der Waals surface area contributed by atoms with Gasteiger partial charge in [-0.3, -0.25) is 9.69 Å². The lowest BCUT2D eigenvalue weighted by Crippen LogP contribution is -2.50. The summed E-state index contributed by atoms with van der Waals surface area (Å²) in [6.07, 6.45) is 7.13. The Morgan fingerprint density at radius 2 is 2.00 bits per heavy atom. The number of hydrogen-bond donors (Lipinski definition) is 2. The van der Waals surface area contributed by atoms with E-state index in [1.165, 1.54) is 37.7 Å². The van der Waals surface area contributed by atoms with Crippen molar-refractivity contribution in [3.05, 3.63) is 23.8 Å². The molecule has 4 nitrogen and oxygen atoms in total. The van der Waals surface area contributed by atoms with E-state index in [4.69, 9.17) is 5.73 Å². The standard InChI is InChI=1S/C16H23N3O/c1-19(13-5-3-2-4-6-13)15-9-11-7-8-12(17)10-14(11)18-16(15)20/h7-8,10,13,15H,2-6,9,17H2,1H3,(H,18,20). The summed E-state index contributed by atoms with van der Waals surface area (Å²) in [6.45, 7) is 0. The van der Waals surface area contributed by atoms with Crippen LogP contribution in [0.5, 0.6) is 0 Å². The predicted octanol–water partition coefficient (Wildman–Crippen LogP) is 2.40. The van der Waals surface area contributed by atoms with Crippen LogP contribution in [0.25, 0.3) is 0 Å². The number of benzene rings is 1. The summed E-state index contributed by atoms with van der Waals surface area (Å²) in [6, 6.07) is 6.30. The number of rotatable bonds is 2. The summed E-state index contributed by atoms with van der Waals surface area (Å²) in [7, 11) is 2.10. The summed E-state index contributed by atoms with van der Waals surface area (Å²) in [5, 5.41) is 3.01. The van der Waals surface area contributed by atoms with Crippen molar-refractivity contribution in [3.8, 4) is 0 Å². The third-order valence-corrected chi connectivity index (χ3v) is 4.75. The van der Waals surface area contributed by atoms with Crippen LogP contribution in [0.4, 0.5) is 11.4 Å². The average Bonchev–Trinajstić information content (AvgIpc) is 2.46. The molecule has 0 bridgehead atoms. The molecular formula is C16H23N3O. The van der Waals surface area contributed by atoms with Gasteiger partial charge < -0.3 is 11.1 Å². The van der Waals surface area contributed by atoms with Gasteiger partial charge in [-0.05, 0) is 44.0 Å². The van der Waals surface area contributed by atoms with Crippen LogP contribution in [0.3, 0.4) is 0 Å². The molecule has 20 heavy (non-hydrogen) atoms. The van der Waals surface area contributed by atoms with Gasteiger partial charge in [0.2, 0.25) is 5.91 Å². The number of nitrogens with zero attached hydrogens (tertiary/aromatic N) is 1. The first-order valence-electron chi connectivity index (χ1n) is 7.56. The van der Waals surface area contributed by atoms with Crippen molar-refractivity contribution in [3.63, 3.8) is 0 Å². The zero-order valence-electron chi connectivity index (χ0n) is 12.1. The highest BCUT2D eigenvalue weighted by Gasteiger charge is 2.33. The van der Waals surface area contributed by atoms with Crippen molar-refractivity contribution in [2.24, 2.45) is 0 Å². The Labute approximate surface area is 120 Å². The van der Waals surface area contributed by atoms with E-state index in [1.54, 1.807) is 0 Å². The second kappa shape index (κ2) is 5.44. The molecule has 3 N–H and O–H groups in total. The van der Waals surface area contributed by atoms with Crippen molar-refractivity contribution in [1.82, 2.24) is 4.90 Å². The number of likely N-dealkylation sites (N-methyl/N-ethyl adjacent to an activating group) is 1. The zero-order chi connectivity index (χ0) is 14.1. The van der Waals surface area contributed by atoms with Crippen LogP contribution in [0, 0.1) is 0 Å². The molecule has 0 aromatic heterocycles. The van der Waals surface area contributed by atoms with E-state index in [0.29, 0.717) is 11.7 Å². The highest BCUT2D eigenvalue weighted by atomic mass is 16.2. The Kier molecular flexibility index (Phi) is 3.66. The Morgan fingerprint density at radius 1 is 1.25 bits per heavy atom. The van der Waals surface area contributed by atoms with E-state index in [2.05, 4.69) is 17.3 Å². The summed E-state index contributed by atoms with van der Waals surface area (Å²) < 4.78 is 0. The molecule has 1 aromatic rings. The Balaban J connectivity index is 1.77. The Bertz CT molecular complexity index is 508. The second-order valence-corrected chi connectivity index (χ2v) is 6.08. The maximum atomic E-state index is 12.4. The normalized spacial score (nSPS) is 23.5. The van der Waals surface area contributed by atoms with Crippen LogP contribution in [0.1, 0.15) is 37.7 Å². The Morgan fingerprint density at radius 3 is 2.75 bits per heavy atom. The minimum atomic E-state index is -0.0470. The molecule has 1 aliphatic heterocycles. The van der Waals surface area contributed by atoms with Gasteiger partial charge in [0.15, 0.2) is 0 Å². The average molecular weight is 273 g/mol. The largest absolute Gasteiger partial charge is 0.399 e. The van der Waals surface area contributed by atoms with E-state index >= 15 is 0 Å². The number of amides is 1. The third kappa shape index (κ3) is 2.52. The van der Waals surface area contributed by atoms with Gasteiger partial charge in [-0.25, -0.2) is 0 Å². The Hall–Kier alpha value is -1.55. The van der Waals surface area contributed by atoms with E-state index in [9.17, 15) is 4.79 Å². The molecule has 1 aliphatic carbocycles. The first kappa shape index (κ1) is 13.4. The minimum Gasteiger partial charge on any atom is -0.399 e. The topological polar surface area (TPSA) is 58.4 Å². The zero-order valence-corrected chi connectivity index (χ0v) is 12.1. The van der Waals surface area contributed by atoms with Crippen LogP contribution < -0.4 is 11.1 Å². The van der Waals surface area contributed by atoms with Crippen molar-refractivity contribution >= 4 is 17.3 Å². The molecule has 4 heteroatoms. The molecule has 1 aromatic carbocycles. The first-order chi connectivity index (χ1) is 9.65. The summed E-state index contributed by atoms with van der Waals surface area (Å²) in [5.74, 6) is 0.108. The fraction of sp³-hybridized carbons (Fsp3) is 0.562. The maximum Gasteiger partial charge on any atom is 0.242 e. The minimum absolute atomic E-state index is 0.0470. The number of anilines is 2. The number of carbonyl (C=O) groups is 1. The van der Waals surface area contributed by atoms with Gasteiger partial charge in [-0.2, -0.15) is 0 Å². The van der Waals surface area contributed by atoms with E-state index < -0.39 is 0 Å². The van der Waals surface area contributed by atoms with Crippen LogP contribution in [-0.4, -0.2) is 29.9 Å². The maximum absolute atomic E-state index is 12.4. The smallest absolute Gasteiger partial charge is 0.242 e. The van der Waals surface area contributed by atoms with Gasteiger partial charge in [0, 0.05) is 17.4 Å². The summed E-state index contributed by atoms with van der Waals surface area (Å²) in [4.78, 5) is 14.6. The molecule has 1 saturated carbocycles. The number of nitrogens with two attached hydrogens (primary N) is 1. The van der Waals surface area contributed by atoms with E-state index in [-0.39, 0.29) is 11.9 Å². The highest BCUT2D eigenvalue weighted by Crippen LogP contribution is 2.29. The lowest BCUT2D eigenvalue weighted by atomic mass is 9.91. The molecule has 0 saturated heterocycles. The van der Waals surface area contributed by atoms with E-state index in [0.717, 1.165) is 12.1 Å². The molecule has 2 aliphatic rings. The van der Waals surface area contributed by atoms with Gasteiger partial charge in [-0.1, -0.05) is 25.3 Å². The highest BCUT2D eigenvalue weighted by molar-refractivity contribution is 5.98. The molecule has 1 atom stereocenters. The van der Waals surface area contributed by atoms with Crippen molar-refractivity contribution in [1.29, 1.82) is 0 Å². The molecule has 0 radical (unpaired) electrons.